The van der Waals surface area contributed by atoms with Gasteiger partial charge in [0, 0.05) is 50.4 Å². The number of piperazine rings is 1. The van der Waals surface area contributed by atoms with Gasteiger partial charge in [0.05, 0.1) is 10.6 Å². The van der Waals surface area contributed by atoms with Gasteiger partial charge >= 0.3 is 0 Å². The van der Waals surface area contributed by atoms with Crippen molar-refractivity contribution in [2.75, 3.05) is 26.2 Å². The highest BCUT2D eigenvalue weighted by atomic mass is 16.6. The van der Waals surface area contributed by atoms with Gasteiger partial charge in [-0.1, -0.05) is 42.5 Å². The number of nitrogens with zero attached hydrogens (tertiary/aromatic N) is 4. The lowest BCUT2D eigenvalue weighted by atomic mass is 10.1. The molecule has 1 aliphatic rings. The van der Waals surface area contributed by atoms with E-state index in [9.17, 15) is 10.1 Å². The molecule has 0 saturated carbocycles. The molecule has 0 radical (unpaired) electrons. The van der Waals surface area contributed by atoms with E-state index in [1.54, 1.807) is 12.1 Å². The van der Waals surface area contributed by atoms with Crippen molar-refractivity contribution in [3.8, 4) is 0 Å². The molecule has 0 amide bonds. The maximum atomic E-state index is 10.9. The SMILES string of the molecule is C/C(=N/N1CCN(Cc2ccccc2)CC1)c1cccc([N+](=O)[O-])c1. The van der Waals surface area contributed by atoms with Crippen LogP contribution in [0.4, 0.5) is 5.69 Å². The third-order valence-electron chi connectivity index (χ3n) is 4.36. The minimum absolute atomic E-state index is 0.0970. The third-order valence-corrected chi connectivity index (χ3v) is 4.36. The summed E-state index contributed by atoms with van der Waals surface area (Å²) in [5, 5.41) is 17.6. The molecule has 6 heteroatoms. The normalized spacial score (nSPS) is 16.0. The van der Waals surface area contributed by atoms with Gasteiger partial charge in [0.2, 0.25) is 0 Å². The topological polar surface area (TPSA) is 62.0 Å². The predicted molar refractivity (Wildman–Crippen MR) is 98.6 cm³/mol. The van der Waals surface area contributed by atoms with Crippen molar-refractivity contribution in [3.05, 3.63) is 75.8 Å². The van der Waals surface area contributed by atoms with Crippen molar-refractivity contribution in [1.29, 1.82) is 0 Å². The molecular formula is C19H22N4O2. The largest absolute Gasteiger partial charge is 0.295 e. The lowest BCUT2D eigenvalue weighted by molar-refractivity contribution is -0.384. The van der Waals surface area contributed by atoms with E-state index in [1.165, 1.54) is 11.6 Å². The Kier molecular flexibility index (Phi) is 5.40. The first kappa shape index (κ1) is 17.1. The summed E-state index contributed by atoms with van der Waals surface area (Å²) in [6.07, 6.45) is 0. The van der Waals surface area contributed by atoms with Crippen LogP contribution < -0.4 is 0 Å². The van der Waals surface area contributed by atoms with Crippen molar-refractivity contribution in [2.24, 2.45) is 5.10 Å². The minimum Gasteiger partial charge on any atom is -0.295 e. The number of benzene rings is 2. The van der Waals surface area contributed by atoms with Crippen LogP contribution in [0, 0.1) is 10.1 Å². The van der Waals surface area contributed by atoms with Gasteiger partial charge in [-0.3, -0.25) is 20.0 Å². The van der Waals surface area contributed by atoms with E-state index < -0.39 is 0 Å². The first-order valence-corrected chi connectivity index (χ1v) is 8.43. The summed E-state index contributed by atoms with van der Waals surface area (Å²) < 4.78 is 0. The Balaban J connectivity index is 1.58. The molecule has 0 atom stereocenters. The monoisotopic (exact) mass is 338 g/mol. The molecule has 0 bridgehead atoms. The number of nitro groups is 1. The van der Waals surface area contributed by atoms with E-state index in [2.05, 4.69) is 39.3 Å². The number of hydrazone groups is 1. The predicted octanol–water partition coefficient (Wildman–Crippen LogP) is 3.14. The zero-order chi connectivity index (χ0) is 17.6. The Morgan fingerprint density at radius 1 is 1.08 bits per heavy atom. The van der Waals surface area contributed by atoms with Gasteiger partial charge in [-0.15, -0.1) is 0 Å². The standard InChI is InChI=1S/C19H22N4O2/c1-16(18-8-5-9-19(14-18)23(24)25)20-22-12-10-21(11-13-22)15-17-6-3-2-4-7-17/h2-9,14H,10-13,15H2,1H3/b20-16-. The van der Waals surface area contributed by atoms with E-state index in [0.29, 0.717) is 0 Å². The first-order valence-electron chi connectivity index (χ1n) is 8.43. The minimum atomic E-state index is -0.376. The maximum absolute atomic E-state index is 10.9. The maximum Gasteiger partial charge on any atom is 0.270 e. The van der Waals surface area contributed by atoms with Crippen LogP contribution in [0.1, 0.15) is 18.1 Å². The van der Waals surface area contributed by atoms with Crippen LogP contribution in [-0.2, 0) is 6.54 Å². The average Bonchev–Trinajstić information content (AvgIpc) is 2.64. The van der Waals surface area contributed by atoms with Crippen LogP contribution in [0.5, 0.6) is 0 Å². The van der Waals surface area contributed by atoms with Crippen LogP contribution in [0.15, 0.2) is 59.7 Å². The molecule has 1 heterocycles. The molecule has 2 aromatic carbocycles. The van der Waals surface area contributed by atoms with E-state index in [-0.39, 0.29) is 10.6 Å². The third kappa shape index (κ3) is 4.64. The lowest BCUT2D eigenvalue weighted by Crippen LogP contribution is -2.43. The fourth-order valence-electron chi connectivity index (χ4n) is 2.95. The molecule has 25 heavy (non-hydrogen) atoms. The van der Waals surface area contributed by atoms with Gasteiger partial charge in [-0.2, -0.15) is 5.10 Å². The molecule has 0 N–H and O–H groups in total. The van der Waals surface area contributed by atoms with E-state index in [0.717, 1.165) is 44.0 Å². The molecule has 6 nitrogen and oxygen atoms in total. The zero-order valence-corrected chi connectivity index (χ0v) is 14.3. The molecule has 1 saturated heterocycles. The lowest BCUT2D eigenvalue weighted by Gasteiger charge is -2.33. The number of non-ortho nitro benzene ring substituents is 1. The Morgan fingerprint density at radius 3 is 2.48 bits per heavy atom. The van der Waals surface area contributed by atoms with Crippen molar-refractivity contribution >= 4 is 11.4 Å². The van der Waals surface area contributed by atoms with Crippen LogP contribution in [0.2, 0.25) is 0 Å². The second kappa shape index (κ2) is 7.90. The van der Waals surface area contributed by atoms with Crippen LogP contribution >= 0.6 is 0 Å². The molecule has 1 fully saturated rings. The molecular weight excluding hydrogens is 316 g/mol. The molecule has 1 aliphatic heterocycles. The quantitative estimate of drug-likeness (QED) is 0.477. The summed E-state index contributed by atoms with van der Waals surface area (Å²) in [6.45, 7) is 6.50. The summed E-state index contributed by atoms with van der Waals surface area (Å²) in [4.78, 5) is 12.9. The summed E-state index contributed by atoms with van der Waals surface area (Å²) in [5.74, 6) is 0. The molecule has 0 aromatic heterocycles. The summed E-state index contributed by atoms with van der Waals surface area (Å²) in [7, 11) is 0. The second-order valence-electron chi connectivity index (χ2n) is 6.21. The first-order chi connectivity index (χ1) is 12.1. The van der Waals surface area contributed by atoms with Gasteiger partial charge in [-0.05, 0) is 12.5 Å². The zero-order valence-electron chi connectivity index (χ0n) is 14.3. The molecule has 0 aliphatic carbocycles. The van der Waals surface area contributed by atoms with Gasteiger partial charge in [0.25, 0.3) is 5.69 Å². The average molecular weight is 338 g/mol. The van der Waals surface area contributed by atoms with Crippen LogP contribution in [0.3, 0.4) is 0 Å². The second-order valence-corrected chi connectivity index (χ2v) is 6.21. The Morgan fingerprint density at radius 2 is 1.80 bits per heavy atom. The molecule has 3 rings (SSSR count). The number of nitro benzene ring substituents is 1. The number of hydrogen-bond donors (Lipinski definition) is 0. The fourth-order valence-corrected chi connectivity index (χ4v) is 2.95. The van der Waals surface area contributed by atoms with Crippen molar-refractivity contribution in [2.45, 2.75) is 13.5 Å². The fraction of sp³-hybridized carbons (Fsp3) is 0.316. The van der Waals surface area contributed by atoms with E-state index >= 15 is 0 Å². The van der Waals surface area contributed by atoms with E-state index in [1.807, 2.05) is 19.1 Å². The van der Waals surface area contributed by atoms with Crippen molar-refractivity contribution < 1.29 is 4.92 Å². The highest BCUT2D eigenvalue weighted by Crippen LogP contribution is 2.15. The highest BCUT2D eigenvalue weighted by Gasteiger charge is 2.16. The highest BCUT2D eigenvalue weighted by molar-refractivity contribution is 5.99. The summed E-state index contributed by atoms with van der Waals surface area (Å²) in [6, 6.07) is 17.1. The smallest absolute Gasteiger partial charge is 0.270 e. The van der Waals surface area contributed by atoms with Crippen molar-refractivity contribution in [1.82, 2.24) is 9.91 Å². The Labute approximate surface area is 147 Å². The van der Waals surface area contributed by atoms with Crippen LogP contribution in [0.25, 0.3) is 0 Å². The van der Waals surface area contributed by atoms with Crippen LogP contribution in [-0.4, -0.2) is 46.7 Å². The molecule has 2 aromatic rings. The van der Waals surface area contributed by atoms with Gasteiger partial charge in [0.15, 0.2) is 0 Å². The number of rotatable bonds is 5. The van der Waals surface area contributed by atoms with Gasteiger partial charge < -0.3 is 0 Å². The summed E-state index contributed by atoms with van der Waals surface area (Å²) in [5.41, 5.74) is 3.02. The van der Waals surface area contributed by atoms with Gasteiger partial charge in [0.1, 0.15) is 0 Å². The Hall–Kier alpha value is -2.73. The van der Waals surface area contributed by atoms with Crippen molar-refractivity contribution in [3.63, 3.8) is 0 Å². The molecule has 130 valence electrons. The Bertz CT molecular complexity index is 753. The number of hydrogen-bond acceptors (Lipinski definition) is 5. The van der Waals surface area contributed by atoms with E-state index in [4.69, 9.17) is 0 Å². The molecule has 0 unspecified atom stereocenters. The molecule has 0 spiro atoms. The summed E-state index contributed by atoms with van der Waals surface area (Å²) >= 11 is 0. The van der Waals surface area contributed by atoms with Gasteiger partial charge in [-0.25, -0.2) is 0 Å².